The molecule has 0 aliphatic heterocycles. The van der Waals surface area contributed by atoms with E-state index in [4.69, 9.17) is 9.47 Å². The molecular weight excluding hydrogens is 396 g/mol. The van der Waals surface area contributed by atoms with Gasteiger partial charge in [-0.3, -0.25) is 0 Å². The SMILES string of the molecule is COCCc1ccc(C(Br)c2ccc(Br)cc2OC)cc1. The zero-order chi connectivity index (χ0) is 15.2. The van der Waals surface area contributed by atoms with Crippen LogP contribution in [-0.2, 0) is 11.2 Å². The average molecular weight is 414 g/mol. The van der Waals surface area contributed by atoms with E-state index in [1.165, 1.54) is 11.1 Å². The van der Waals surface area contributed by atoms with Crippen molar-refractivity contribution in [3.63, 3.8) is 0 Å². The molecule has 2 rings (SSSR count). The van der Waals surface area contributed by atoms with Gasteiger partial charge >= 0.3 is 0 Å². The van der Waals surface area contributed by atoms with E-state index in [1.807, 2.05) is 12.1 Å². The second kappa shape index (κ2) is 7.97. The Morgan fingerprint density at radius 1 is 1.05 bits per heavy atom. The van der Waals surface area contributed by atoms with E-state index >= 15 is 0 Å². The summed E-state index contributed by atoms with van der Waals surface area (Å²) >= 11 is 7.24. The van der Waals surface area contributed by atoms with Crippen LogP contribution in [0.1, 0.15) is 21.5 Å². The third-order valence-electron chi connectivity index (χ3n) is 3.34. The molecular formula is C17H18Br2O2. The van der Waals surface area contributed by atoms with Crippen molar-refractivity contribution in [3.8, 4) is 5.75 Å². The molecule has 2 aromatic rings. The Morgan fingerprint density at radius 2 is 1.76 bits per heavy atom. The minimum absolute atomic E-state index is 0.108. The molecule has 0 fully saturated rings. The molecule has 0 radical (unpaired) electrons. The Labute approximate surface area is 142 Å². The summed E-state index contributed by atoms with van der Waals surface area (Å²) in [5.74, 6) is 0.870. The first-order chi connectivity index (χ1) is 10.2. The predicted octanol–water partition coefficient (Wildman–Crippen LogP) is 5.13. The van der Waals surface area contributed by atoms with Crippen LogP contribution in [0.25, 0.3) is 0 Å². The van der Waals surface area contributed by atoms with Gasteiger partial charge in [-0.05, 0) is 29.7 Å². The fraction of sp³-hybridized carbons (Fsp3) is 0.294. The smallest absolute Gasteiger partial charge is 0.124 e. The lowest BCUT2D eigenvalue weighted by Gasteiger charge is -2.15. The van der Waals surface area contributed by atoms with E-state index in [0.717, 1.165) is 28.8 Å². The maximum Gasteiger partial charge on any atom is 0.124 e. The van der Waals surface area contributed by atoms with Crippen LogP contribution in [-0.4, -0.2) is 20.8 Å². The van der Waals surface area contributed by atoms with Gasteiger partial charge in [0, 0.05) is 17.1 Å². The Morgan fingerprint density at radius 3 is 2.38 bits per heavy atom. The summed E-state index contributed by atoms with van der Waals surface area (Å²) in [6.45, 7) is 0.748. The topological polar surface area (TPSA) is 18.5 Å². The number of rotatable bonds is 6. The molecule has 0 amide bonds. The monoisotopic (exact) mass is 412 g/mol. The van der Waals surface area contributed by atoms with Crippen molar-refractivity contribution in [2.24, 2.45) is 0 Å². The normalized spacial score (nSPS) is 12.2. The molecule has 1 unspecified atom stereocenters. The highest BCUT2D eigenvalue weighted by molar-refractivity contribution is 9.10. The molecule has 0 N–H and O–H groups in total. The van der Waals surface area contributed by atoms with Gasteiger partial charge in [0.25, 0.3) is 0 Å². The van der Waals surface area contributed by atoms with Gasteiger partial charge in [0.2, 0.25) is 0 Å². The van der Waals surface area contributed by atoms with Crippen molar-refractivity contribution in [3.05, 3.63) is 63.6 Å². The molecule has 0 aliphatic rings. The van der Waals surface area contributed by atoms with Crippen molar-refractivity contribution < 1.29 is 9.47 Å². The van der Waals surface area contributed by atoms with E-state index in [9.17, 15) is 0 Å². The third kappa shape index (κ3) is 4.31. The molecule has 0 spiro atoms. The van der Waals surface area contributed by atoms with Crippen molar-refractivity contribution >= 4 is 31.9 Å². The summed E-state index contributed by atoms with van der Waals surface area (Å²) in [6, 6.07) is 14.7. The van der Waals surface area contributed by atoms with E-state index in [0.29, 0.717) is 0 Å². The van der Waals surface area contributed by atoms with E-state index in [1.54, 1.807) is 14.2 Å². The molecule has 4 heteroatoms. The molecule has 112 valence electrons. The van der Waals surface area contributed by atoms with Gasteiger partial charge in [-0.2, -0.15) is 0 Å². The quantitative estimate of drug-likeness (QED) is 0.611. The van der Waals surface area contributed by atoms with Gasteiger partial charge in [-0.25, -0.2) is 0 Å². The van der Waals surface area contributed by atoms with Gasteiger partial charge in [0.15, 0.2) is 0 Å². The largest absolute Gasteiger partial charge is 0.496 e. The Kier molecular flexibility index (Phi) is 6.27. The highest BCUT2D eigenvalue weighted by Gasteiger charge is 2.15. The lowest BCUT2D eigenvalue weighted by Crippen LogP contribution is -1.98. The molecule has 0 aromatic heterocycles. The Balaban J connectivity index is 2.21. The summed E-state index contributed by atoms with van der Waals surface area (Å²) in [5, 5.41) is 0. The number of hydrogen-bond donors (Lipinski definition) is 0. The maximum absolute atomic E-state index is 5.47. The summed E-state index contributed by atoms with van der Waals surface area (Å²) in [6.07, 6.45) is 0.936. The third-order valence-corrected chi connectivity index (χ3v) is 4.85. The van der Waals surface area contributed by atoms with Crippen LogP contribution in [0.5, 0.6) is 5.75 Å². The van der Waals surface area contributed by atoms with Crippen LogP contribution in [0.4, 0.5) is 0 Å². The standard InChI is InChI=1S/C17H18Br2O2/c1-20-10-9-12-3-5-13(6-4-12)17(19)15-8-7-14(18)11-16(15)21-2/h3-8,11,17H,9-10H2,1-2H3. The minimum atomic E-state index is 0.108. The number of hydrogen-bond acceptors (Lipinski definition) is 2. The first kappa shape index (κ1) is 16.5. The summed E-state index contributed by atoms with van der Waals surface area (Å²) in [4.78, 5) is 0.108. The molecule has 0 aliphatic carbocycles. The summed E-state index contributed by atoms with van der Waals surface area (Å²) in [7, 11) is 3.42. The van der Waals surface area contributed by atoms with Gasteiger partial charge in [0.05, 0.1) is 18.5 Å². The number of alkyl halides is 1. The van der Waals surface area contributed by atoms with Crippen LogP contribution < -0.4 is 4.74 Å². The average Bonchev–Trinajstić information content (AvgIpc) is 2.52. The van der Waals surface area contributed by atoms with Gasteiger partial charge in [-0.1, -0.05) is 62.2 Å². The molecule has 0 bridgehead atoms. The van der Waals surface area contributed by atoms with E-state index in [-0.39, 0.29) is 4.83 Å². The minimum Gasteiger partial charge on any atom is -0.496 e. The second-order valence-corrected chi connectivity index (χ2v) is 6.56. The molecule has 21 heavy (non-hydrogen) atoms. The van der Waals surface area contributed by atoms with E-state index in [2.05, 4.69) is 62.2 Å². The lowest BCUT2D eigenvalue weighted by molar-refractivity contribution is 0.202. The van der Waals surface area contributed by atoms with Crippen molar-refractivity contribution in [1.29, 1.82) is 0 Å². The fourth-order valence-corrected chi connectivity index (χ4v) is 3.17. The van der Waals surface area contributed by atoms with Crippen LogP contribution in [0.15, 0.2) is 46.9 Å². The number of ether oxygens (including phenoxy) is 2. The molecule has 2 aromatic carbocycles. The lowest BCUT2D eigenvalue weighted by atomic mass is 10.0. The number of methoxy groups -OCH3 is 2. The van der Waals surface area contributed by atoms with Gasteiger partial charge in [0.1, 0.15) is 5.75 Å². The molecule has 2 nitrogen and oxygen atoms in total. The molecule has 0 heterocycles. The first-order valence-corrected chi connectivity index (χ1v) is 8.42. The van der Waals surface area contributed by atoms with E-state index < -0.39 is 0 Å². The highest BCUT2D eigenvalue weighted by Crippen LogP contribution is 2.37. The number of benzene rings is 2. The fourth-order valence-electron chi connectivity index (χ4n) is 2.15. The van der Waals surface area contributed by atoms with Crippen molar-refractivity contribution in [2.45, 2.75) is 11.2 Å². The first-order valence-electron chi connectivity index (χ1n) is 6.71. The van der Waals surface area contributed by atoms with Gasteiger partial charge < -0.3 is 9.47 Å². The summed E-state index contributed by atoms with van der Waals surface area (Å²) < 4.78 is 11.6. The number of halogens is 2. The van der Waals surface area contributed by atoms with Crippen LogP contribution >= 0.6 is 31.9 Å². The van der Waals surface area contributed by atoms with Crippen LogP contribution in [0, 0.1) is 0 Å². The predicted molar refractivity (Wildman–Crippen MR) is 93.5 cm³/mol. The van der Waals surface area contributed by atoms with Crippen LogP contribution in [0.2, 0.25) is 0 Å². The highest BCUT2D eigenvalue weighted by atomic mass is 79.9. The van der Waals surface area contributed by atoms with Gasteiger partial charge in [-0.15, -0.1) is 0 Å². The second-order valence-electron chi connectivity index (χ2n) is 4.73. The zero-order valence-electron chi connectivity index (χ0n) is 12.1. The Hall–Kier alpha value is -0.840. The molecule has 0 saturated carbocycles. The molecule has 1 atom stereocenters. The summed E-state index contributed by atoms with van der Waals surface area (Å²) in [5.41, 5.74) is 3.60. The molecule has 0 saturated heterocycles. The van der Waals surface area contributed by atoms with Crippen LogP contribution in [0.3, 0.4) is 0 Å². The van der Waals surface area contributed by atoms with Crippen molar-refractivity contribution in [2.75, 3.05) is 20.8 Å². The van der Waals surface area contributed by atoms with Crippen molar-refractivity contribution in [1.82, 2.24) is 0 Å². The Bertz CT molecular complexity index is 582. The maximum atomic E-state index is 5.47. The zero-order valence-corrected chi connectivity index (χ0v) is 15.3.